The Morgan fingerprint density at radius 1 is 1.21 bits per heavy atom. The topological polar surface area (TPSA) is 110 Å². The molecule has 1 aliphatic rings. The van der Waals surface area contributed by atoms with Crippen molar-refractivity contribution in [2.24, 2.45) is 11.7 Å². The molecule has 2 amide bonds. The van der Waals surface area contributed by atoms with Gasteiger partial charge in [0.05, 0.1) is 6.54 Å². The van der Waals surface area contributed by atoms with Crippen LogP contribution in [0.1, 0.15) is 12.8 Å². The molecule has 0 spiro atoms. The van der Waals surface area contributed by atoms with Crippen LogP contribution in [0.3, 0.4) is 0 Å². The molecular formula is C14H17F2N3O4S. The Kier molecular flexibility index (Phi) is 5.50. The molecule has 1 aliphatic heterocycles. The molecule has 0 atom stereocenters. The maximum Gasteiger partial charge on any atom is 0.246 e. The minimum absolute atomic E-state index is 0.266. The molecule has 0 bridgehead atoms. The highest BCUT2D eigenvalue weighted by molar-refractivity contribution is 7.89. The van der Waals surface area contributed by atoms with Crippen LogP contribution in [-0.2, 0) is 19.6 Å². The molecule has 1 fully saturated rings. The summed E-state index contributed by atoms with van der Waals surface area (Å²) in [6.45, 7) is -0.0954. The molecule has 0 unspecified atom stereocenters. The number of hydrogen-bond acceptors (Lipinski definition) is 4. The van der Waals surface area contributed by atoms with Crippen LogP contribution in [0.4, 0.5) is 8.78 Å². The zero-order valence-corrected chi connectivity index (χ0v) is 13.5. The second-order valence-corrected chi connectivity index (χ2v) is 7.14. The zero-order valence-electron chi connectivity index (χ0n) is 12.7. The minimum atomic E-state index is -4.50. The number of halogens is 2. The largest absolute Gasteiger partial charge is 0.369 e. The Morgan fingerprint density at radius 3 is 2.25 bits per heavy atom. The molecule has 24 heavy (non-hydrogen) atoms. The smallest absolute Gasteiger partial charge is 0.246 e. The Balaban J connectivity index is 1.98. The van der Waals surface area contributed by atoms with Gasteiger partial charge in [-0.05, 0) is 25.0 Å². The van der Waals surface area contributed by atoms with E-state index in [2.05, 4.69) is 0 Å². The lowest BCUT2D eigenvalue weighted by Gasteiger charge is -2.30. The molecule has 1 aromatic carbocycles. The molecule has 1 heterocycles. The van der Waals surface area contributed by atoms with Gasteiger partial charge in [0.25, 0.3) is 0 Å². The Morgan fingerprint density at radius 2 is 1.75 bits per heavy atom. The third-order valence-corrected chi connectivity index (χ3v) is 5.30. The average molecular weight is 361 g/mol. The SMILES string of the molecule is NC(=O)C1CCN(C(=O)CNS(=O)(=O)c2c(F)cccc2F)CC1. The van der Waals surface area contributed by atoms with Crippen LogP contribution in [0.5, 0.6) is 0 Å². The normalized spacial score (nSPS) is 16.2. The number of nitrogens with two attached hydrogens (primary N) is 1. The zero-order chi connectivity index (χ0) is 17.9. The second kappa shape index (κ2) is 7.22. The fourth-order valence-electron chi connectivity index (χ4n) is 2.49. The molecule has 0 saturated carbocycles. The predicted octanol–water partition coefficient (Wildman–Crippen LogP) is -0.0330. The van der Waals surface area contributed by atoms with E-state index in [-0.39, 0.29) is 19.0 Å². The van der Waals surface area contributed by atoms with E-state index < -0.39 is 44.9 Å². The summed E-state index contributed by atoms with van der Waals surface area (Å²) in [4.78, 5) is 23.3. The van der Waals surface area contributed by atoms with E-state index in [1.165, 1.54) is 4.90 Å². The summed E-state index contributed by atoms with van der Waals surface area (Å²) in [6.07, 6.45) is 0.797. The van der Waals surface area contributed by atoms with Gasteiger partial charge in [-0.15, -0.1) is 0 Å². The lowest BCUT2D eigenvalue weighted by Crippen LogP contribution is -2.45. The van der Waals surface area contributed by atoms with Crippen molar-refractivity contribution in [1.82, 2.24) is 9.62 Å². The van der Waals surface area contributed by atoms with Crippen molar-refractivity contribution < 1.29 is 26.8 Å². The summed E-state index contributed by atoms with van der Waals surface area (Å²) in [5.74, 6) is -3.76. The van der Waals surface area contributed by atoms with Gasteiger partial charge in [-0.25, -0.2) is 21.9 Å². The third-order valence-electron chi connectivity index (χ3n) is 3.85. The first-order chi connectivity index (χ1) is 11.2. The van der Waals surface area contributed by atoms with Crippen LogP contribution < -0.4 is 10.5 Å². The lowest BCUT2D eigenvalue weighted by molar-refractivity contribution is -0.133. The maximum atomic E-state index is 13.5. The first-order valence-electron chi connectivity index (χ1n) is 7.23. The molecule has 10 heteroatoms. The van der Waals surface area contributed by atoms with Gasteiger partial charge < -0.3 is 10.6 Å². The number of rotatable bonds is 5. The first-order valence-corrected chi connectivity index (χ1v) is 8.71. The fourth-order valence-corrected chi connectivity index (χ4v) is 3.60. The van der Waals surface area contributed by atoms with E-state index in [0.717, 1.165) is 18.2 Å². The number of piperidine rings is 1. The quantitative estimate of drug-likeness (QED) is 0.767. The van der Waals surface area contributed by atoms with Crippen LogP contribution in [0, 0.1) is 17.6 Å². The van der Waals surface area contributed by atoms with E-state index in [4.69, 9.17) is 5.73 Å². The van der Waals surface area contributed by atoms with Crippen LogP contribution in [0.2, 0.25) is 0 Å². The standard InChI is InChI=1S/C14H17F2N3O4S/c15-10-2-1-3-11(16)13(10)24(22,23)18-8-12(20)19-6-4-9(5-7-19)14(17)21/h1-3,9,18H,4-8H2,(H2,17,21). The number of nitrogens with one attached hydrogen (secondary N) is 1. The van der Waals surface area contributed by atoms with Gasteiger partial charge >= 0.3 is 0 Å². The van der Waals surface area contributed by atoms with Crippen LogP contribution in [0.15, 0.2) is 23.1 Å². The van der Waals surface area contributed by atoms with E-state index >= 15 is 0 Å². The van der Waals surface area contributed by atoms with Crippen molar-refractivity contribution in [3.63, 3.8) is 0 Å². The van der Waals surface area contributed by atoms with E-state index in [1.807, 2.05) is 4.72 Å². The minimum Gasteiger partial charge on any atom is -0.369 e. The van der Waals surface area contributed by atoms with Gasteiger partial charge in [0.1, 0.15) is 11.6 Å². The summed E-state index contributed by atoms with van der Waals surface area (Å²) in [7, 11) is -4.50. The summed E-state index contributed by atoms with van der Waals surface area (Å²) in [6, 6.07) is 2.67. The molecule has 7 nitrogen and oxygen atoms in total. The van der Waals surface area contributed by atoms with Gasteiger partial charge in [-0.3, -0.25) is 9.59 Å². The van der Waals surface area contributed by atoms with Crippen LogP contribution >= 0.6 is 0 Å². The van der Waals surface area contributed by atoms with E-state index in [1.54, 1.807) is 0 Å². The fraction of sp³-hybridized carbons (Fsp3) is 0.429. The number of nitrogens with zero attached hydrogens (tertiary/aromatic N) is 1. The van der Waals surface area contributed by atoms with E-state index in [9.17, 15) is 26.8 Å². The summed E-state index contributed by atoms with van der Waals surface area (Å²) in [5, 5.41) is 0. The monoisotopic (exact) mass is 361 g/mol. The number of primary amides is 1. The third kappa shape index (κ3) is 4.06. The van der Waals surface area contributed by atoms with Gasteiger partial charge in [0.2, 0.25) is 21.8 Å². The summed E-state index contributed by atoms with van der Waals surface area (Å²) in [5.41, 5.74) is 5.19. The number of carbonyl (C=O) groups excluding carboxylic acids is 2. The number of carbonyl (C=O) groups is 2. The second-order valence-electron chi connectivity index (χ2n) is 5.43. The highest BCUT2D eigenvalue weighted by Gasteiger charge is 2.28. The maximum absolute atomic E-state index is 13.5. The molecule has 3 N–H and O–H groups in total. The highest BCUT2D eigenvalue weighted by atomic mass is 32.2. The molecule has 1 saturated heterocycles. The van der Waals surface area contributed by atoms with Crippen molar-refractivity contribution in [3.05, 3.63) is 29.8 Å². The Bertz CT molecular complexity index is 726. The number of benzene rings is 1. The van der Waals surface area contributed by atoms with Gasteiger partial charge in [-0.1, -0.05) is 6.07 Å². The number of hydrogen-bond donors (Lipinski definition) is 2. The van der Waals surface area contributed by atoms with Crippen molar-refractivity contribution in [2.45, 2.75) is 17.7 Å². The van der Waals surface area contributed by atoms with Crippen LogP contribution in [-0.4, -0.2) is 44.8 Å². The molecule has 132 valence electrons. The summed E-state index contributed by atoms with van der Waals surface area (Å²) >= 11 is 0. The molecule has 2 rings (SSSR count). The molecule has 0 radical (unpaired) electrons. The highest BCUT2D eigenvalue weighted by Crippen LogP contribution is 2.19. The summed E-state index contributed by atoms with van der Waals surface area (Å²) < 4.78 is 52.9. The van der Waals surface area contributed by atoms with Crippen molar-refractivity contribution in [2.75, 3.05) is 19.6 Å². The number of sulfonamides is 1. The van der Waals surface area contributed by atoms with Crippen molar-refractivity contribution in [1.29, 1.82) is 0 Å². The Hall–Kier alpha value is -2.07. The van der Waals surface area contributed by atoms with Gasteiger partial charge in [-0.2, -0.15) is 0 Å². The molecule has 0 aliphatic carbocycles. The van der Waals surface area contributed by atoms with E-state index in [0.29, 0.717) is 12.8 Å². The van der Waals surface area contributed by atoms with Gasteiger partial charge in [0, 0.05) is 19.0 Å². The molecule has 0 aromatic heterocycles. The predicted molar refractivity (Wildman–Crippen MR) is 80.0 cm³/mol. The van der Waals surface area contributed by atoms with Crippen molar-refractivity contribution >= 4 is 21.8 Å². The van der Waals surface area contributed by atoms with Crippen LogP contribution in [0.25, 0.3) is 0 Å². The first kappa shape index (κ1) is 18.3. The average Bonchev–Trinajstić information content (AvgIpc) is 2.52. The number of likely N-dealkylation sites (tertiary alicyclic amines) is 1. The Labute approximate surface area is 137 Å². The molecular weight excluding hydrogens is 344 g/mol. The number of amides is 2. The lowest BCUT2D eigenvalue weighted by atomic mass is 9.96. The van der Waals surface area contributed by atoms with Crippen molar-refractivity contribution in [3.8, 4) is 0 Å². The van der Waals surface area contributed by atoms with Gasteiger partial charge in [0.15, 0.2) is 4.90 Å². The molecule has 1 aromatic rings.